The second-order valence-corrected chi connectivity index (χ2v) is 7.38. The Kier molecular flexibility index (Phi) is 8.16. The number of halogens is 4. The van der Waals surface area contributed by atoms with E-state index in [0.717, 1.165) is 12.1 Å². The molecule has 1 atom stereocenters. The highest BCUT2D eigenvalue weighted by molar-refractivity contribution is 7.57. The first-order valence-corrected chi connectivity index (χ1v) is 9.75. The molecule has 0 unspecified atom stereocenters. The molecule has 0 spiro atoms. The molecular weight excluding hydrogens is 409 g/mol. The van der Waals surface area contributed by atoms with Gasteiger partial charge in [-0.2, -0.15) is 13.2 Å². The fourth-order valence-electron chi connectivity index (χ4n) is 2.26. The number of benzene rings is 1. The van der Waals surface area contributed by atoms with Gasteiger partial charge in [0.1, 0.15) is 5.82 Å². The first kappa shape index (κ1) is 24.1. The lowest BCUT2D eigenvalue weighted by atomic mass is 10.1. The Morgan fingerprint density at radius 3 is 2.00 bits per heavy atom. The summed E-state index contributed by atoms with van der Waals surface area (Å²) < 4.78 is 83.2. The van der Waals surface area contributed by atoms with E-state index in [1.165, 1.54) is 38.2 Å². The smallest absolute Gasteiger partial charge is 0.434 e. The van der Waals surface area contributed by atoms with Gasteiger partial charge in [0.15, 0.2) is 0 Å². The van der Waals surface area contributed by atoms with Gasteiger partial charge in [-0.25, -0.2) is 9.18 Å². The van der Waals surface area contributed by atoms with Crippen molar-refractivity contribution in [3.8, 4) is 0 Å². The molecule has 0 aliphatic rings. The zero-order chi connectivity index (χ0) is 21.6. The van der Waals surface area contributed by atoms with Gasteiger partial charge in [0.25, 0.3) is 5.91 Å². The van der Waals surface area contributed by atoms with Gasteiger partial charge in [-0.15, -0.1) is 0 Å². The summed E-state index contributed by atoms with van der Waals surface area (Å²) in [6.45, 7) is 2.05. The molecule has 158 valence electrons. The van der Waals surface area contributed by atoms with Gasteiger partial charge in [0, 0.05) is 0 Å². The molecule has 1 aromatic carbocycles. The molecule has 0 bridgehead atoms. The van der Waals surface area contributed by atoms with Gasteiger partial charge in [0.2, 0.25) is 0 Å². The lowest BCUT2D eigenvalue weighted by molar-refractivity contribution is -0.196. The van der Waals surface area contributed by atoms with E-state index < -0.39 is 62.1 Å². The van der Waals surface area contributed by atoms with E-state index in [9.17, 15) is 31.7 Å². The Morgan fingerprint density at radius 1 is 1.04 bits per heavy atom. The van der Waals surface area contributed by atoms with Crippen molar-refractivity contribution >= 4 is 19.5 Å². The Morgan fingerprint density at radius 2 is 1.57 bits per heavy atom. The number of hydrogen-bond donors (Lipinski definition) is 1. The summed E-state index contributed by atoms with van der Waals surface area (Å²) in [6.07, 6.45) is -5.67. The number of ether oxygens (including phenoxy) is 1. The molecular formula is C16H20F4NO6P. The minimum Gasteiger partial charge on any atom is -0.463 e. The molecule has 7 nitrogen and oxygen atoms in total. The summed E-state index contributed by atoms with van der Waals surface area (Å²) in [5.41, 5.74) is -0.806. The lowest BCUT2D eigenvalue weighted by Gasteiger charge is -2.38. The van der Waals surface area contributed by atoms with Gasteiger partial charge >= 0.3 is 25.0 Å². The maximum Gasteiger partial charge on any atom is 0.434 e. The van der Waals surface area contributed by atoms with Crippen molar-refractivity contribution in [2.45, 2.75) is 32.2 Å². The van der Waals surface area contributed by atoms with Crippen molar-refractivity contribution in [2.75, 3.05) is 19.8 Å². The van der Waals surface area contributed by atoms with Crippen LogP contribution in [0.25, 0.3) is 0 Å². The maximum absolute atomic E-state index is 14.1. The summed E-state index contributed by atoms with van der Waals surface area (Å²) in [4.78, 5) is 24.8. The minimum absolute atomic E-state index is 0.523. The summed E-state index contributed by atoms with van der Waals surface area (Å²) in [5.74, 6) is -4.90. The van der Waals surface area contributed by atoms with Crippen LogP contribution in [0.2, 0.25) is 0 Å². The summed E-state index contributed by atoms with van der Waals surface area (Å²) in [5, 5.41) is -2.86. The van der Waals surface area contributed by atoms with E-state index in [-0.39, 0.29) is 0 Å². The van der Waals surface area contributed by atoms with Crippen LogP contribution in [-0.4, -0.2) is 43.2 Å². The predicted octanol–water partition coefficient (Wildman–Crippen LogP) is 3.64. The predicted molar refractivity (Wildman–Crippen MR) is 90.1 cm³/mol. The average molecular weight is 429 g/mol. The third-order valence-corrected chi connectivity index (χ3v) is 5.97. The number of esters is 1. The standard InChI is InChI=1S/C16H20F4NO6P/c1-4-25-14(23)15(16(18,19)20,28(24,26-5-2)27-6-3)21-13(22)11-9-7-8-10-12(11)17/h7-10H,4-6H2,1-3H3,(H,21,22)/t15-/m1/s1. The van der Waals surface area contributed by atoms with Gasteiger partial charge in [0.05, 0.1) is 25.4 Å². The zero-order valence-corrected chi connectivity index (χ0v) is 16.2. The Labute approximate surface area is 158 Å². The van der Waals surface area contributed by atoms with Crippen molar-refractivity contribution in [3.05, 3.63) is 35.6 Å². The molecule has 0 fully saturated rings. The number of alkyl halides is 3. The quantitative estimate of drug-likeness (QED) is 0.366. The Hall–Kier alpha value is -1.97. The van der Waals surface area contributed by atoms with E-state index in [1.807, 2.05) is 0 Å². The number of carbonyl (C=O) groups is 2. The van der Waals surface area contributed by atoms with Crippen LogP contribution < -0.4 is 5.32 Å². The van der Waals surface area contributed by atoms with Gasteiger partial charge in [-0.1, -0.05) is 12.1 Å². The van der Waals surface area contributed by atoms with E-state index >= 15 is 0 Å². The highest BCUT2D eigenvalue weighted by Crippen LogP contribution is 2.64. The number of nitrogens with one attached hydrogen (secondary N) is 1. The van der Waals surface area contributed by atoms with Crippen molar-refractivity contribution in [2.24, 2.45) is 0 Å². The largest absolute Gasteiger partial charge is 0.463 e. The molecule has 1 aromatic rings. The van der Waals surface area contributed by atoms with Crippen LogP contribution in [0.15, 0.2) is 24.3 Å². The fraction of sp³-hybridized carbons (Fsp3) is 0.500. The van der Waals surface area contributed by atoms with E-state index in [4.69, 9.17) is 9.05 Å². The fourth-order valence-corrected chi connectivity index (χ4v) is 4.24. The monoisotopic (exact) mass is 429 g/mol. The first-order valence-electron chi connectivity index (χ1n) is 8.20. The maximum atomic E-state index is 14.1. The molecule has 12 heteroatoms. The second kappa shape index (κ2) is 9.49. The van der Waals surface area contributed by atoms with Crippen molar-refractivity contribution in [1.82, 2.24) is 5.32 Å². The van der Waals surface area contributed by atoms with E-state index in [0.29, 0.717) is 0 Å². The van der Waals surface area contributed by atoms with Gasteiger partial charge < -0.3 is 19.1 Å². The van der Waals surface area contributed by atoms with Crippen molar-refractivity contribution < 1.29 is 45.5 Å². The Bertz CT molecular complexity index is 747. The minimum atomic E-state index is -5.67. The molecule has 0 aliphatic carbocycles. The van der Waals surface area contributed by atoms with Gasteiger partial charge in [-0.05, 0) is 32.9 Å². The lowest BCUT2D eigenvalue weighted by Crippen LogP contribution is -2.64. The molecule has 0 aliphatic heterocycles. The number of hydrogen-bond acceptors (Lipinski definition) is 6. The van der Waals surface area contributed by atoms with Crippen molar-refractivity contribution in [1.29, 1.82) is 0 Å². The number of amides is 1. The van der Waals surface area contributed by atoms with Crippen molar-refractivity contribution in [3.63, 3.8) is 0 Å². The first-order chi connectivity index (χ1) is 13.0. The molecule has 0 aromatic heterocycles. The van der Waals surface area contributed by atoms with Crippen LogP contribution in [0.5, 0.6) is 0 Å². The normalized spacial score (nSPS) is 14.2. The summed E-state index contributed by atoms with van der Waals surface area (Å²) in [6, 6.07) is 4.13. The highest BCUT2D eigenvalue weighted by atomic mass is 31.2. The van der Waals surface area contributed by atoms with Crippen LogP contribution in [0.3, 0.4) is 0 Å². The third kappa shape index (κ3) is 4.53. The zero-order valence-electron chi connectivity index (χ0n) is 15.3. The second-order valence-electron chi connectivity index (χ2n) is 5.20. The van der Waals surface area contributed by atoms with Gasteiger partial charge in [-0.3, -0.25) is 9.36 Å². The van der Waals surface area contributed by atoms with Crippen LogP contribution in [0.1, 0.15) is 31.1 Å². The topological polar surface area (TPSA) is 90.9 Å². The molecule has 1 N–H and O–H groups in total. The van der Waals surface area contributed by atoms with Crippen LogP contribution in [0, 0.1) is 5.82 Å². The molecule has 1 rings (SSSR count). The van der Waals surface area contributed by atoms with Crippen LogP contribution >= 0.6 is 7.60 Å². The number of rotatable bonds is 9. The van der Waals surface area contributed by atoms with E-state index in [1.54, 1.807) is 0 Å². The summed E-state index contributed by atoms with van der Waals surface area (Å²) >= 11 is 0. The molecule has 0 saturated heterocycles. The SMILES string of the molecule is CCOC(=O)[C@](NC(=O)c1ccccc1F)(C(F)(F)F)P(=O)(OCC)OCC. The molecule has 0 radical (unpaired) electrons. The summed E-state index contributed by atoms with van der Waals surface area (Å²) in [7, 11) is -5.41. The molecule has 28 heavy (non-hydrogen) atoms. The molecule has 0 saturated carbocycles. The average Bonchev–Trinajstić information content (AvgIpc) is 2.59. The van der Waals surface area contributed by atoms with E-state index in [2.05, 4.69) is 4.74 Å². The molecule has 0 heterocycles. The van der Waals surface area contributed by atoms with Crippen LogP contribution in [-0.2, 0) is 23.1 Å². The highest BCUT2D eigenvalue weighted by Gasteiger charge is 2.75. The van der Waals surface area contributed by atoms with Crippen LogP contribution in [0.4, 0.5) is 17.6 Å². The third-order valence-electron chi connectivity index (χ3n) is 3.40. The Balaban J connectivity index is 3.69. The molecule has 1 amide bonds. The number of carbonyl (C=O) groups excluding carboxylic acids is 2.